The van der Waals surface area contributed by atoms with E-state index in [9.17, 15) is 9.59 Å². The molecule has 0 N–H and O–H groups in total. The molecule has 0 bridgehead atoms. The molecule has 1 aliphatic heterocycles. The van der Waals surface area contributed by atoms with Crippen LogP contribution in [0.1, 0.15) is 29.5 Å². The molecule has 0 saturated carbocycles. The SMILES string of the molecule is C=CCS[C@H](C)C(=O)N1CCCn2nc(C(=O)OC)cc2C1. The van der Waals surface area contributed by atoms with Crippen LogP contribution in [-0.4, -0.2) is 51.2 Å². The van der Waals surface area contributed by atoms with E-state index in [0.29, 0.717) is 25.3 Å². The van der Waals surface area contributed by atoms with Crippen molar-refractivity contribution in [2.24, 2.45) is 0 Å². The van der Waals surface area contributed by atoms with Crippen LogP contribution in [0.25, 0.3) is 0 Å². The van der Waals surface area contributed by atoms with Crippen LogP contribution < -0.4 is 0 Å². The molecule has 6 nitrogen and oxygen atoms in total. The van der Waals surface area contributed by atoms with Crippen LogP contribution in [0.15, 0.2) is 18.7 Å². The summed E-state index contributed by atoms with van der Waals surface area (Å²) in [6.07, 6.45) is 2.62. The van der Waals surface area contributed by atoms with Crippen LogP contribution in [-0.2, 0) is 22.6 Å². The Bertz CT molecular complexity index is 570. The molecule has 0 unspecified atom stereocenters. The van der Waals surface area contributed by atoms with Crippen molar-refractivity contribution in [3.8, 4) is 0 Å². The van der Waals surface area contributed by atoms with E-state index in [1.165, 1.54) is 7.11 Å². The molecule has 0 spiro atoms. The van der Waals surface area contributed by atoms with E-state index in [-0.39, 0.29) is 11.2 Å². The maximum atomic E-state index is 12.5. The van der Waals surface area contributed by atoms with Crippen molar-refractivity contribution in [2.45, 2.75) is 31.7 Å². The number of hydrogen-bond acceptors (Lipinski definition) is 5. The highest BCUT2D eigenvalue weighted by Gasteiger charge is 2.25. The normalized spacial score (nSPS) is 15.6. The van der Waals surface area contributed by atoms with Gasteiger partial charge in [0, 0.05) is 18.8 Å². The zero-order valence-electron chi connectivity index (χ0n) is 12.9. The van der Waals surface area contributed by atoms with Crippen LogP contribution in [0.5, 0.6) is 0 Å². The molecule has 1 atom stereocenters. The number of ether oxygens (including phenoxy) is 1. The number of aryl methyl sites for hydroxylation is 1. The Labute approximate surface area is 134 Å². The number of amides is 1. The topological polar surface area (TPSA) is 64.4 Å². The van der Waals surface area contributed by atoms with E-state index in [2.05, 4.69) is 11.7 Å². The largest absolute Gasteiger partial charge is 0.464 e. The van der Waals surface area contributed by atoms with Crippen molar-refractivity contribution in [3.05, 3.63) is 30.1 Å². The Morgan fingerprint density at radius 3 is 3.00 bits per heavy atom. The number of rotatable bonds is 5. The van der Waals surface area contributed by atoms with Crippen molar-refractivity contribution in [1.29, 1.82) is 0 Å². The van der Waals surface area contributed by atoms with Gasteiger partial charge in [-0.2, -0.15) is 5.10 Å². The summed E-state index contributed by atoms with van der Waals surface area (Å²) in [6.45, 7) is 7.47. The molecular weight excluding hydrogens is 302 g/mol. The van der Waals surface area contributed by atoms with Gasteiger partial charge >= 0.3 is 5.97 Å². The number of methoxy groups -OCH3 is 1. The zero-order valence-corrected chi connectivity index (χ0v) is 13.8. The first-order valence-electron chi connectivity index (χ1n) is 7.23. The Morgan fingerprint density at radius 2 is 2.32 bits per heavy atom. The second kappa shape index (κ2) is 7.49. The lowest BCUT2D eigenvalue weighted by molar-refractivity contribution is -0.130. The van der Waals surface area contributed by atoms with E-state index in [0.717, 1.165) is 17.9 Å². The predicted octanol–water partition coefficient (Wildman–Crippen LogP) is 1.71. The third-order valence-electron chi connectivity index (χ3n) is 3.53. The van der Waals surface area contributed by atoms with Crippen molar-refractivity contribution in [3.63, 3.8) is 0 Å². The van der Waals surface area contributed by atoms with E-state index < -0.39 is 5.97 Å². The molecule has 0 aromatic carbocycles. The first kappa shape index (κ1) is 16.6. The Hall–Kier alpha value is -1.76. The number of hydrogen-bond donors (Lipinski definition) is 0. The summed E-state index contributed by atoms with van der Waals surface area (Å²) < 4.78 is 6.49. The van der Waals surface area contributed by atoms with E-state index >= 15 is 0 Å². The van der Waals surface area contributed by atoms with E-state index in [4.69, 9.17) is 4.74 Å². The first-order chi connectivity index (χ1) is 10.6. The van der Waals surface area contributed by atoms with Gasteiger partial charge in [-0.3, -0.25) is 9.48 Å². The maximum absolute atomic E-state index is 12.5. The fourth-order valence-corrected chi connectivity index (χ4v) is 3.11. The number of esters is 1. The number of fused-ring (bicyclic) bond motifs is 1. The van der Waals surface area contributed by atoms with Crippen molar-refractivity contribution >= 4 is 23.6 Å². The lowest BCUT2D eigenvalue weighted by Crippen LogP contribution is -2.36. The van der Waals surface area contributed by atoms with Gasteiger partial charge in [0.1, 0.15) is 0 Å². The molecule has 120 valence electrons. The number of nitrogens with zero attached hydrogens (tertiary/aromatic N) is 3. The predicted molar refractivity (Wildman–Crippen MR) is 85.7 cm³/mol. The average molecular weight is 323 g/mol. The van der Waals surface area contributed by atoms with Gasteiger partial charge in [-0.25, -0.2) is 4.79 Å². The molecular formula is C15H21N3O3S. The quantitative estimate of drug-likeness (QED) is 0.610. The lowest BCUT2D eigenvalue weighted by atomic mass is 10.3. The van der Waals surface area contributed by atoms with Crippen LogP contribution in [0.3, 0.4) is 0 Å². The molecule has 2 rings (SSSR count). The smallest absolute Gasteiger partial charge is 0.358 e. The van der Waals surface area contributed by atoms with Gasteiger partial charge in [-0.05, 0) is 19.4 Å². The minimum atomic E-state index is -0.451. The third kappa shape index (κ3) is 3.71. The Balaban J connectivity index is 2.10. The van der Waals surface area contributed by atoms with Gasteiger partial charge in [0.05, 0.1) is 24.6 Å². The minimum Gasteiger partial charge on any atom is -0.464 e. The van der Waals surface area contributed by atoms with Gasteiger partial charge in [0.25, 0.3) is 0 Å². The second-order valence-corrected chi connectivity index (χ2v) is 6.49. The summed E-state index contributed by atoms with van der Waals surface area (Å²) in [4.78, 5) is 25.9. The molecule has 1 aliphatic rings. The molecule has 22 heavy (non-hydrogen) atoms. The molecule has 1 aromatic heterocycles. The number of aromatic nitrogens is 2. The molecule has 1 aromatic rings. The molecule has 0 radical (unpaired) electrons. The minimum absolute atomic E-state index is 0.104. The van der Waals surface area contributed by atoms with Crippen LogP contribution in [0.4, 0.5) is 0 Å². The standard InChI is InChI=1S/C15H21N3O3S/c1-4-8-22-11(2)14(19)17-6-5-7-18-12(10-17)9-13(16-18)15(20)21-3/h4,9,11H,1,5-8,10H2,2-3H3/t11-/m1/s1. The fraction of sp³-hybridized carbons (Fsp3) is 0.533. The third-order valence-corrected chi connectivity index (χ3v) is 4.66. The summed E-state index contributed by atoms with van der Waals surface area (Å²) in [7, 11) is 1.33. The molecule has 0 fully saturated rings. The van der Waals surface area contributed by atoms with Crippen molar-refractivity contribution < 1.29 is 14.3 Å². The van der Waals surface area contributed by atoms with Crippen molar-refractivity contribution in [2.75, 3.05) is 19.4 Å². The fourth-order valence-electron chi connectivity index (χ4n) is 2.40. The number of thioether (sulfide) groups is 1. The lowest BCUT2D eigenvalue weighted by Gasteiger charge is -2.23. The van der Waals surface area contributed by atoms with Crippen LogP contribution >= 0.6 is 11.8 Å². The van der Waals surface area contributed by atoms with Gasteiger partial charge in [-0.1, -0.05) is 6.08 Å². The second-order valence-electron chi connectivity index (χ2n) is 5.11. The molecule has 0 aliphatic carbocycles. The Kier molecular flexibility index (Phi) is 5.65. The van der Waals surface area contributed by atoms with Crippen molar-refractivity contribution in [1.82, 2.24) is 14.7 Å². The highest BCUT2D eigenvalue weighted by molar-refractivity contribution is 8.00. The number of carbonyl (C=O) groups is 2. The number of carbonyl (C=O) groups excluding carboxylic acids is 2. The average Bonchev–Trinajstić information content (AvgIpc) is 2.82. The summed E-state index contributed by atoms with van der Waals surface area (Å²) >= 11 is 1.57. The summed E-state index contributed by atoms with van der Waals surface area (Å²) in [5, 5.41) is 4.15. The highest BCUT2D eigenvalue weighted by atomic mass is 32.2. The Morgan fingerprint density at radius 1 is 1.55 bits per heavy atom. The molecule has 0 saturated heterocycles. The summed E-state index contributed by atoms with van der Waals surface area (Å²) in [5.41, 5.74) is 1.16. The van der Waals surface area contributed by atoms with E-state index in [1.807, 2.05) is 11.8 Å². The first-order valence-corrected chi connectivity index (χ1v) is 8.28. The summed E-state index contributed by atoms with van der Waals surface area (Å²) in [5.74, 6) is 0.417. The molecule has 2 heterocycles. The zero-order chi connectivity index (χ0) is 16.1. The van der Waals surface area contributed by atoms with Crippen LogP contribution in [0.2, 0.25) is 0 Å². The van der Waals surface area contributed by atoms with Gasteiger partial charge in [-0.15, -0.1) is 18.3 Å². The summed E-state index contributed by atoms with van der Waals surface area (Å²) in [6, 6.07) is 1.71. The van der Waals surface area contributed by atoms with Crippen LogP contribution in [0, 0.1) is 0 Å². The molecule has 7 heteroatoms. The monoisotopic (exact) mass is 323 g/mol. The van der Waals surface area contributed by atoms with Gasteiger partial charge < -0.3 is 9.64 Å². The molecule has 1 amide bonds. The maximum Gasteiger partial charge on any atom is 0.358 e. The highest BCUT2D eigenvalue weighted by Crippen LogP contribution is 2.19. The van der Waals surface area contributed by atoms with E-state index in [1.54, 1.807) is 28.6 Å². The van der Waals surface area contributed by atoms with Gasteiger partial charge in [0.15, 0.2) is 5.69 Å². The van der Waals surface area contributed by atoms with Gasteiger partial charge in [0.2, 0.25) is 5.91 Å².